The second-order valence-electron chi connectivity index (χ2n) is 4.53. The van der Waals surface area contributed by atoms with Crippen LogP contribution < -0.4 is 11.1 Å². The van der Waals surface area contributed by atoms with E-state index in [1.165, 1.54) is 11.3 Å². The normalized spacial score (nSPS) is 13.6. The number of rotatable bonds is 3. The number of aromatic nitrogens is 1. The van der Waals surface area contributed by atoms with E-state index >= 15 is 0 Å². The van der Waals surface area contributed by atoms with Crippen molar-refractivity contribution in [2.75, 3.05) is 0 Å². The minimum absolute atomic E-state index is 0.115. The molecule has 0 saturated heterocycles. The minimum Gasteiger partial charge on any atom is -0.350 e. The van der Waals surface area contributed by atoms with E-state index in [9.17, 15) is 4.79 Å². The lowest BCUT2D eigenvalue weighted by molar-refractivity contribution is -0.124. The first-order valence-corrected chi connectivity index (χ1v) is 5.70. The predicted molar refractivity (Wildman–Crippen MR) is 61.4 cm³/mol. The Morgan fingerprint density at radius 2 is 2.33 bits per heavy atom. The van der Waals surface area contributed by atoms with Gasteiger partial charge in [-0.25, -0.2) is 0 Å². The molecule has 1 amide bonds. The van der Waals surface area contributed by atoms with Crippen molar-refractivity contribution in [2.45, 2.75) is 33.4 Å². The third kappa shape index (κ3) is 3.60. The maximum Gasteiger partial charge on any atom is 0.237 e. The number of nitrogens with zero attached hydrogens (tertiary/aromatic N) is 1. The van der Waals surface area contributed by atoms with Crippen molar-refractivity contribution in [1.29, 1.82) is 0 Å². The van der Waals surface area contributed by atoms with Crippen molar-refractivity contribution in [1.82, 2.24) is 10.3 Å². The lowest BCUT2D eigenvalue weighted by Crippen LogP contribution is -2.48. The van der Waals surface area contributed by atoms with Gasteiger partial charge in [-0.3, -0.25) is 9.78 Å². The van der Waals surface area contributed by atoms with E-state index in [1.807, 2.05) is 20.8 Å². The van der Waals surface area contributed by atoms with Gasteiger partial charge in [0, 0.05) is 11.1 Å². The number of hydrogen-bond donors (Lipinski definition) is 2. The first-order valence-electron chi connectivity index (χ1n) is 4.82. The third-order valence-electron chi connectivity index (χ3n) is 2.14. The van der Waals surface area contributed by atoms with E-state index in [0.717, 1.165) is 4.88 Å². The van der Waals surface area contributed by atoms with E-state index in [-0.39, 0.29) is 11.3 Å². The molecule has 84 valence electrons. The van der Waals surface area contributed by atoms with Crippen LogP contribution in [0.4, 0.5) is 0 Å². The van der Waals surface area contributed by atoms with Gasteiger partial charge in [-0.1, -0.05) is 20.8 Å². The smallest absolute Gasteiger partial charge is 0.237 e. The van der Waals surface area contributed by atoms with Gasteiger partial charge >= 0.3 is 0 Å². The molecule has 1 heterocycles. The molecule has 0 saturated carbocycles. The molecule has 0 spiro atoms. The maximum absolute atomic E-state index is 11.6. The highest BCUT2D eigenvalue weighted by atomic mass is 32.1. The van der Waals surface area contributed by atoms with Gasteiger partial charge in [-0.15, -0.1) is 11.3 Å². The van der Waals surface area contributed by atoms with Gasteiger partial charge in [0.15, 0.2) is 0 Å². The Kier molecular flexibility index (Phi) is 3.82. The van der Waals surface area contributed by atoms with Crippen LogP contribution >= 0.6 is 11.3 Å². The number of amides is 1. The monoisotopic (exact) mass is 227 g/mol. The van der Waals surface area contributed by atoms with Gasteiger partial charge in [0.1, 0.15) is 0 Å². The lowest BCUT2D eigenvalue weighted by atomic mass is 9.87. The second kappa shape index (κ2) is 4.72. The van der Waals surface area contributed by atoms with E-state index in [0.29, 0.717) is 6.54 Å². The van der Waals surface area contributed by atoms with E-state index < -0.39 is 6.04 Å². The Balaban J connectivity index is 2.43. The fourth-order valence-corrected chi connectivity index (χ4v) is 1.54. The molecule has 4 nitrogen and oxygen atoms in total. The standard InChI is InChI=1S/C10H17N3OS/c1-10(2,3)8(11)9(14)13-5-7-4-12-6-15-7/h4,6,8H,5,11H2,1-3H3,(H,13,14)/t8-/m0/s1. The molecule has 0 unspecified atom stereocenters. The van der Waals surface area contributed by atoms with Gasteiger partial charge < -0.3 is 11.1 Å². The van der Waals surface area contributed by atoms with Crippen molar-refractivity contribution in [3.05, 3.63) is 16.6 Å². The molecular weight excluding hydrogens is 210 g/mol. The van der Waals surface area contributed by atoms with Gasteiger partial charge in [0.2, 0.25) is 5.91 Å². The van der Waals surface area contributed by atoms with Gasteiger partial charge in [0.05, 0.1) is 18.1 Å². The van der Waals surface area contributed by atoms with E-state index in [4.69, 9.17) is 5.73 Å². The molecule has 5 heteroatoms. The zero-order valence-corrected chi connectivity index (χ0v) is 10.1. The van der Waals surface area contributed by atoms with E-state index in [1.54, 1.807) is 11.7 Å². The van der Waals surface area contributed by atoms with Crippen LogP contribution in [-0.4, -0.2) is 16.9 Å². The SMILES string of the molecule is CC(C)(C)[C@@H](N)C(=O)NCc1cncs1. The molecule has 3 N–H and O–H groups in total. The number of nitrogens with two attached hydrogens (primary N) is 1. The number of hydrogen-bond acceptors (Lipinski definition) is 4. The van der Waals surface area contributed by atoms with Gasteiger partial charge in [0.25, 0.3) is 0 Å². The second-order valence-corrected chi connectivity index (χ2v) is 5.50. The van der Waals surface area contributed by atoms with Gasteiger partial charge in [-0.05, 0) is 5.41 Å². The zero-order valence-electron chi connectivity index (χ0n) is 9.28. The average molecular weight is 227 g/mol. The van der Waals surface area contributed by atoms with E-state index in [2.05, 4.69) is 10.3 Å². The molecule has 0 aliphatic heterocycles. The predicted octanol–water partition coefficient (Wildman–Crippen LogP) is 1.13. The Bertz CT molecular complexity index is 316. The number of carbonyl (C=O) groups is 1. The molecular formula is C10H17N3OS. The van der Waals surface area contributed by atoms with Gasteiger partial charge in [-0.2, -0.15) is 0 Å². The van der Waals surface area contributed by atoms with Crippen LogP contribution in [0.2, 0.25) is 0 Å². The Morgan fingerprint density at radius 1 is 1.67 bits per heavy atom. The molecule has 0 radical (unpaired) electrons. The fraction of sp³-hybridized carbons (Fsp3) is 0.600. The largest absolute Gasteiger partial charge is 0.350 e. The number of thiazole rings is 1. The van der Waals surface area contributed by atoms with Crippen molar-refractivity contribution >= 4 is 17.2 Å². The molecule has 0 aromatic carbocycles. The highest BCUT2D eigenvalue weighted by Gasteiger charge is 2.27. The summed E-state index contributed by atoms with van der Waals surface area (Å²) in [7, 11) is 0. The summed E-state index contributed by atoms with van der Waals surface area (Å²) in [4.78, 5) is 16.6. The summed E-state index contributed by atoms with van der Waals surface area (Å²) in [5.74, 6) is -0.115. The summed E-state index contributed by atoms with van der Waals surface area (Å²) < 4.78 is 0. The highest BCUT2D eigenvalue weighted by molar-refractivity contribution is 7.09. The zero-order chi connectivity index (χ0) is 11.5. The van der Waals surface area contributed by atoms with Crippen LogP contribution in [0.3, 0.4) is 0 Å². The molecule has 1 atom stereocenters. The summed E-state index contributed by atoms with van der Waals surface area (Å²) in [6.45, 7) is 6.35. The summed E-state index contributed by atoms with van der Waals surface area (Å²) >= 11 is 1.52. The summed E-state index contributed by atoms with van der Waals surface area (Å²) in [5.41, 5.74) is 7.34. The molecule has 1 rings (SSSR count). The van der Waals surface area contributed by atoms with Crippen molar-refractivity contribution in [2.24, 2.45) is 11.1 Å². The number of carbonyl (C=O) groups excluding carboxylic acids is 1. The number of nitrogens with one attached hydrogen (secondary N) is 1. The molecule has 15 heavy (non-hydrogen) atoms. The van der Waals surface area contributed by atoms with Crippen LogP contribution in [0, 0.1) is 5.41 Å². The molecule has 1 aromatic heterocycles. The fourth-order valence-electron chi connectivity index (χ4n) is 1.01. The molecule has 0 bridgehead atoms. The molecule has 0 aliphatic rings. The van der Waals surface area contributed by atoms with Crippen LogP contribution in [0.15, 0.2) is 11.7 Å². The van der Waals surface area contributed by atoms with Crippen molar-refractivity contribution in [3.8, 4) is 0 Å². The summed E-state index contributed by atoms with van der Waals surface area (Å²) in [5, 5.41) is 2.80. The van der Waals surface area contributed by atoms with Crippen LogP contribution in [0.25, 0.3) is 0 Å². The van der Waals surface area contributed by atoms with Crippen LogP contribution in [-0.2, 0) is 11.3 Å². The maximum atomic E-state index is 11.6. The Hall–Kier alpha value is -0.940. The summed E-state index contributed by atoms with van der Waals surface area (Å²) in [6.07, 6.45) is 1.74. The molecule has 0 fully saturated rings. The highest BCUT2D eigenvalue weighted by Crippen LogP contribution is 2.17. The van der Waals surface area contributed by atoms with Crippen LogP contribution in [0.1, 0.15) is 25.6 Å². The molecule has 1 aromatic rings. The lowest BCUT2D eigenvalue weighted by Gasteiger charge is -2.25. The van der Waals surface area contributed by atoms with Crippen LogP contribution in [0.5, 0.6) is 0 Å². The Morgan fingerprint density at radius 3 is 2.80 bits per heavy atom. The van der Waals surface area contributed by atoms with Crippen molar-refractivity contribution < 1.29 is 4.79 Å². The first kappa shape index (κ1) is 12.1. The third-order valence-corrected chi connectivity index (χ3v) is 2.92. The Labute approximate surface area is 93.9 Å². The minimum atomic E-state index is -0.481. The topological polar surface area (TPSA) is 68.0 Å². The molecule has 0 aliphatic carbocycles. The summed E-state index contributed by atoms with van der Waals surface area (Å²) in [6, 6.07) is -0.481. The van der Waals surface area contributed by atoms with Crippen molar-refractivity contribution in [3.63, 3.8) is 0 Å². The first-order chi connectivity index (χ1) is 6.91. The quantitative estimate of drug-likeness (QED) is 0.813. The average Bonchev–Trinajstić information content (AvgIpc) is 2.63.